The van der Waals surface area contributed by atoms with Crippen molar-refractivity contribution in [2.24, 2.45) is 5.73 Å². The molecule has 120 valence electrons. The molecule has 0 spiro atoms. The molecule has 0 saturated carbocycles. The Hall–Kier alpha value is -1.13. The Balaban J connectivity index is 1.62. The molecule has 22 heavy (non-hydrogen) atoms. The summed E-state index contributed by atoms with van der Waals surface area (Å²) in [5.41, 5.74) is 6.20. The fourth-order valence-corrected chi connectivity index (χ4v) is 3.56. The third-order valence-corrected chi connectivity index (χ3v) is 4.88. The Morgan fingerprint density at radius 3 is 3.09 bits per heavy atom. The lowest BCUT2D eigenvalue weighted by Gasteiger charge is -2.21. The highest BCUT2D eigenvalue weighted by molar-refractivity contribution is 14.1. The number of rotatable bonds is 4. The van der Waals surface area contributed by atoms with Crippen LogP contribution in [0.2, 0.25) is 0 Å². The summed E-state index contributed by atoms with van der Waals surface area (Å²) in [5, 5.41) is 0. The molecule has 0 aromatic carbocycles. The average molecular weight is 419 g/mol. The van der Waals surface area contributed by atoms with Crippen molar-refractivity contribution >= 4 is 28.6 Å². The lowest BCUT2D eigenvalue weighted by atomic mass is 10.3. The normalized spacial score (nSPS) is 24.3. The van der Waals surface area contributed by atoms with Gasteiger partial charge in [-0.2, -0.15) is 0 Å². The van der Waals surface area contributed by atoms with Crippen LogP contribution < -0.4 is 15.2 Å². The van der Waals surface area contributed by atoms with Crippen LogP contribution in [-0.4, -0.2) is 52.3 Å². The number of carbonyl (C=O) groups excluding carboxylic acids is 1. The summed E-state index contributed by atoms with van der Waals surface area (Å²) in [7, 11) is 0. The number of esters is 1. The molecule has 3 heterocycles. The monoisotopic (exact) mass is 419 g/mol. The van der Waals surface area contributed by atoms with E-state index in [0.717, 1.165) is 12.1 Å². The number of nitrogens with two attached hydrogens (primary N) is 1. The Morgan fingerprint density at radius 2 is 2.27 bits per heavy atom. The van der Waals surface area contributed by atoms with E-state index in [9.17, 15) is 4.79 Å². The maximum absolute atomic E-state index is 11.3. The quantitative estimate of drug-likeness (QED) is 0.333. The Bertz CT molecular complexity index is 557. The highest BCUT2D eigenvalue weighted by Crippen LogP contribution is 2.30. The van der Waals surface area contributed by atoms with Crippen LogP contribution in [0.3, 0.4) is 0 Å². The molecule has 0 amide bonds. The molecule has 7 nitrogen and oxygen atoms in total. The maximum atomic E-state index is 11.3. The van der Waals surface area contributed by atoms with Crippen molar-refractivity contribution in [1.29, 1.82) is 0 Å². The van der Waals surface area contributed by atoms with Crippen LogP contribution in [0, 0.1) is 0 Å². The summed E-state index contributed by atoms with van der Waals surface area (Å²) in [5.74, 6) is 0.893. The SMILES string of the molecule is NCC(=O)O[C@@H]1C[C@H](I)N(Cc2ccc3c(n2)OCCO3)C1. The highest BCUT2D eigenvalue weighted by Gasteiger charge is 2.32. The molecule has 8 heteroatoms. The first-order chi connectivity index (χ1) is 10.7. The number of halogens is 1. The number of pyridine rings is 1. The summed E-state index contributed by atoms with van der Waals surface area (Å²) in [6, 6.07) is 3.83. The van der Waals surface area contributed by atoms with Gasteiger partial charge < -0.3 is 19.9 Å². The van der Waals surface area contributed by atoms with Crippen molar-refractivity contribution < 1.29 is 19.0 Å². The van der Waals surface area contributed by atoms with Gasteiger partial charge in [-0.05, 0) is 12.1 Å². The van der Waals surface area contributed by atoms with Crippen LogP contribution in [0.25, 0.3) is 0 Å². The van der Waals surface area contributed by atoms with Crippen LogP contribution >= 0.6 is 22.6 Å². The summed E-state index contributed by atoms with van der Waals surface area (Å²) in [6.45, 7) is 2.38. The van der Waals surface area contributed by atoms with Crippen LogP contribution in [0.15, 0.2) is 12.1 Å². The molecule has 3 rings (SSSR count). The van der Waals surface area contributed by atoms with Crippen molar-refractivity contribution in [3.63, 3.8) is 0 Å². The number of likely N-dealkylation sites (tertiary alicyclic amines) is 1. The van der Waals surface area contributed by atoms with Crippen LogP contribution in [0.1, 0.15) is 12.1 Å². The van der Waals surface area contributed by atoms with Gasteiger partial charge in [-0.15, -0.1) is 0 Å². The minimum atomic E-state index is -0.354. The fraction of sp³-hybridized carbons (Fsp3) is 0.571. The number of ether oxygens (including phenoxy) is 3. The summed E-state index contributed by atoms with van der Waals surface area (Å²) in [6.07, 6.45) is 0.701. The first-order valence-electron chi connectivity index (χ1n) is 7.19. The molecule has 1 aromatic rings. The molecule has 1 fully saturated rings. The molecule has 2 aliphatic rings. The fourth-order valence-electron chi connectivity index (χ4n) is 2.56. The van der Waals surface area contributed by atoms with Crippen molar-refractivity contribution in [2.75, 3.05) is 26.3 Å². The van der Waals surface area contributed by atoms with Crippen molar-refractivity contribution in [2.45, 2.75) is 23.1 Å². The van der Waals surface area contributed by atoms with Crippen LogP contribution in [0.5, 0.6) is 11.6 Å². The summed E-state index contributed by atoms with van der Waals surface area (Å²) < 4.78 is 16.6. The number of alkyl halides is 1. The zero-order chi connectivity index (χ0) is 15.5. The zero-order valence-corrected chi connectivity index (χ0v) is 14.2. The van der Waals surface area contributed by atoms with E-state index in [4.69, 9.17) is 19.9 Å². The second-order valence-electron chi connectivity index (χ2n) is 5.22. The number of fused-ring (bicyclic) bond motifs is 1. The predicted molar refractivity (Wildman–Crippen MR) is 87.0 cm³/mol. The lowest BCUT2D eigenvalue weighted by molar-refractivity contribution is -0.146. The van der Waals surface area contributed by atoms with Gasteiger partial charge in [0.25, 0.3) is 5.88 Å². The van der Waals surface area contributed by atoms with E-state index in [2.05, 4.69) is 32.5 Å². The molecule has 0 bridgehead atoms. The number of hydrogen-bond donors (Lipinski definition) is 1. The second kappa shape index (κ2) is 6.97. The van der Waals surface area contributed by atoms with Gasteiger partial charge in [-0.3, -0.25) is 9.69 Å². The third kappa shape index (κ3) is 3.61. The first kappa shape index (κ1) is 15.8. The third-order valence-electron chi connectivity index (χ3n) is 3.58. The van der Waals surface area contributed by atoms with E-state index in [-0.39, 0.29) is 18.6 Å². The largest absolute Gasteiger partial charge is 0.484 e. The average Bonchev–Trinajstić information content (AvgIpc) is 2.86. The molecule has 0 radical (unpaired) electrons. The Kier molecular flexibility index (Phi) is 4.99. The Morgan fingerprint density at radius 1 is 1.45 bits per heavy atom. The molecule has 2 N–H and O–H groups in total. The van der Waals surface area contributed by atoms with E-state index < -0.39 is 0 Å². The maximum Gasteiger partial charge on any atom is 0.320 e. The van der Waals surface area contributed by atoms with E-state index in [1.54, 1.807) is 0 Å². The highest BCUT2D eigenvalue weighted by atomic mass is 127. The first-order valence-corrected chi connectivity index (χ1v) is 8.43. The van der Waals surface area contributed by atoms with E-state index >= 15 is 0 Å². The van der Waals surface area contributed by atoms with Gasteiger partial charge in [0.1, 0.15) is 19.3 Å². The number of nitrogens with zero attached hydrogens (tertiary/aromatic N) is 2. The van der Waals surface area contributed by atoms with Crippen LogP contribution in [0.4, 0.5) is 0 Å². The lowest BCUT2D eigenvalue weighted by Crippen LogP contribution is -2.28. The smallest absolute Gasteiger partial charge is 0.320 e. The minimum Gasteiger partial charge on any atom is -0.484 e. The molecule has 0 unspecified atom stereocenters. The standard InChI is InChI=1S/C14H18IN3O4/c15-12-5-10(22-13(19)6-16)8-18(12)7-9-1-2-11-14(17-9)21-4-3-20-11/h1-2,10,12H,3-8,16H2/t10-,12-/m1/s1. The predicted octanol–water partition coefficient (Wildman–Crippen LogP) is 0.690. The van der Waals surface area contributed by atoms with Gasteiger partial charge in [-0.1, -0.05) is 22.6 Å². The van der Waals surface area contributed by atoms with Gasteiger partial charge in [0.2, 0.25) is 0 Å². The second-order valence-corrected chi connectivity index (χ2v) is 6.66. The summed E-state index contributed by atoms with van der Waals surface area (Å²) in [4.78, 5) is 18.0. The summed E-state index contributed by atoms with van der Waals surface area (Å²) >= 11 is 2.36. The number of hydrogen-bond acceptors (Lipinski definition) is 7. The number of carbonyl (C=O) groups is 1. The van der Waals surface area contributed by atoms with Gasteiger partial charge in [0.05, 0.1) is 16.3 Å². The molecular formula is C14H18IN3O4. The van der Waals surface area contributed by atoms with Gasteiger partial charge in [-0.25, -0.2) is 4.98 Å². The Labute approximate surface area is 142 Å². The molecule has 1 saturated heterocycles. The van der Waals surface area contributed by atoms with Gasteiger partial charge in [0, 0.05) is 19.5 Å². The number of aromatic nitrogens is 1. The van der Waals surface area contributed by atoms with E-state index in [1.807, 2.05) is 12.1 Å². The molecular weight excluding hydrogens is 401 g/mol. The molecule has 1 aromatic heterocycles. The molecule has 2 atom stereocenters. The van der Waals surface area contributed by atoms with Crippen molar-refractivity contribution in [3.8, 4) is 11.6 Å². The van der Waals surface area contributed by atoms with Crippen molar-refractivity contribution in [1.82, 2.24) is 9.88 Å². The van der Waals surface area contributed by atoms with E-state index in [1.165, 1.54) is 0 Å². The minimum absolute atomic E-state index is 0.0773. The van der Waals surface area contributed by atoms with Gasteiger partial charge in [0.15, 0.2) is 5.75 Å². The van der Waals surface area contributed by atoms with E-state index in [0.29, 0.717) is 42.0 Å². The van der Waals surface area contributed by atoms with Crippen molar-refractivity contribution in [3.05, 3.63) is 17.8 Å². The molecule has 2 aliphatic heterocycles. The van der Waals surface area contributed by atoms with Crippen LogP contribution in [-0.2, 0) is 16.1 Å². The molecule has 0 aliphatic carbocycles. The van der Waals surface area contributed by atoms with Gasteiger partial charge >= 0.3 is 5.97 Å². The topological polar surface area (TPSA) is 86.9 Å². The zero-order valence-electron chi connectivity index (χ0n) is 12.0.